The first-order chi connectivity index (χ1) is 6.88. The lowest BCUT2D eigenvalue weighted by Crippen LogP contribution is -2.43. The summed E-state index contributed by atoms with van der Waals surface area (Å²) in [4.78, 5) is 4.41. The molecule has 0 unspecified atom stereocenters. The molecule has 0 spiro atoms. The zero-order valence-electron chi connectivity index (χ0n) is 8.49. The number of nitrogens with zero attached hydrogens (tertiary/aromatic N) is 1. The highest BCUT2D eigenvalue weighted by molar-refractivity contribution is 5.14. The van der Waals surface area contributed by atoms with Gasteiger partial charge in [-0.1, -0.05) is 6.07 Å². The van der Waals surface area contributed by atoms with Crippen molar-refractivity contribution in [3.8, 4) is 0 Å². The SMILES string of the molecule is COCc1ccc(CC2CNC2)nc1. The van der Waals surface area contributed by atoms with Gasteiger partial charge in [-0.2, -0.15) is 0 Å². The van der Waals surface area contributed by atoms with E-state index in [1.807, 2.05) is 6.20 Å². The van der Waals surface area contributed by atoms with Crippen LogP contribution in [-0.4, -0.2) is 25.2 Å². The number of methoxy groups -OCH3 is 1. The maximum absolute atomic E-state index is 5.03. The minimum absolute atomic E-state index is 0.651. The van der Waals surface area contributed by atoms with Gasteiger partial charge in [-0.05, 0) is 37.1 Å². The van der Waals surface area contributed by atoms with Crippen LogP contribution in [0.15, 0.2) is 18.3 Å². The Morgan fingerprint density at radius 2 is 2.36 bits per heavy atom. The predicted octanol–water partition coefficient (Wildman–Crippen LogP) is 0.990. The molecular weight excluding hydrogens is 176 g/mol. The second-order valence-electron chi connectivity index (χ2n) is 3.82. The monoisotopic (exact) mass is 192 g/mol. The van der Waals surface area contributed by atoms with Crippen LogP contribution in [0.3, 0.4) is 0 Å². The molecule has 1 aromatic heterocycles. The molecule has 0 bridgehead atoms. The molecule has 1 aromatic rings. The van der Waals surface area contributed by atoms with Gasteiger partial charge in [-0.15, -0.1) is 0 Å². The number of hydrogen-bond donors (Lipinski definition) is 1. The Morgan fingerprint density at radius 3 is 2.86 bits per heavy atom. The lowest BCUT2D eigenvalue weighted by Gasteiger charge is -2.26. The van der Waals surface area contributed by atoms with Crippen LogP contribution in [0.5, 0.6) is 0 Å². The smallest absolute Gasteiger partial charge is 0.0728 e. The molecule has 2 heterocycles. The summed E-state index contributed by atoms with van der Waals surface area (Å²) in [6.45, 7) is 2.93. The number of rotatable bonds is 4. The van der Waals surface area contributed by atoms with Crippen molar-refractivity contribution in [1.29, 1.82) is 0 Å². The van der Waals surface area contributed by atoms with E-state index in [0.717, 1.165) is 31.0 Å². The third kappa shape index (κ3) is 2.30. The fourth-order valence-electron chi connectivity index (χ4n) is 1.62. The first-order valence-electron chi connectivity index (χ1n) is 5.02. The first-order valence-corrected chi connectivity index (χ1v) is 5.02. The van der Waals surface area contributed by atoms with Crippen LogP contribution < -0.4 is 5.32 Å². The second kappa shape index (κ2) is 4.53. The molecule has 1 saturated heterocycles. The molecule has 1 fully saturated rings. The van der Waals surface area contributed by atoms with Gasteiger partial charge in [-0.25, -0.2) is 0 Å². The summed E-state index contributed by atoms with van der Waals surface area (Å²) in [7, 11) is 1.70. The van der Waals surface area contributed by atoms with E-state index in [4.69, 9.17) is 4.74 Å². The van der Waals surface area contributed by atoms with Gasteiger partial charge in [-0.3, -0.25) is 4.98 Å². The van der Waals surface area contributed by atoms with Crippen molar-refractivity contribution in [2.24, 2.45) is 5.92 Å². The molecule has 3 heteroatoms. The molecule has 3 nitrogen and oxygen atoms in total. The summed E-state index contributed by atoms with van der Waals surface area (Å²) in [5.41, 5.74) is 2.33. The maximum Gasteiger partial charge on any atom is 0.0728 e. The van der Waals surface area contributed by atoms with Gasteiger partial charge in [0.25, 0.3) is 0 Å². The largest absolute Gasteiger partial charge is 0.380 e. The Morgan fingerprint density at radius 1 is 1.50 bits per heavy atom. The second-order valence-corrected chi connectivity index (χ2v) is 3.82. The highest BCUT2D eigenvalue weighted by Gasteiger charge is 2.17. The van der Waals surface area contributed by atoms with Gasteiger partial charge < -0.3 is 10.1 Å². The number of ether oxygens (including phenoxy) is 1. The summed E-state index contributed by atoms with van der Waals surface area (Å²) in [6.07, 6.45) is 3.01. The predicted molar refractivity (Wildman–Crippen MR) is 55.0 cm³/mol. The number of pyridine rings is 1. The standard InChI is InChI=1S/C11H16N2O/c1-14-8-9-2-3-11(13-7-9)4-10-5-12-6-10/h2-3,7,10,12H,4-6,8H2,1H3. The van der Waals surface area contributed by atoms with Gasteiger partial charge in [0.15, 0.2) is 0 Å². The van der Waals surface area contributed by atoms with E-state index in [1.54, 1.807) is 7.11 Å². The van der Waals surface area contributed by atoms with E-state index in [0.29, 0.717) is 6.61 Å². The molecule has 1 aliphatic heterocycles. The first kappa shape index (κ1) is 9.62. The van der Waals surface area contributed by atoms with Crippen LogP contribution in [-0.2, 0) is 17.8 Å². The summed E-state index contributed by atoms with van der Waals surface area (Å²) < 4.78 is 5.03. The lowest BCUT2D eigenvalue weighted by atomic mass is 9.97. The Kier molecular flexibility index (Phi) is 3.11. The van der Waals surface area contributed by atoms with Crippen molar-refractivity contribution in [2.45, 2.75) is 13.0 Å². The van der Waals surface area contributed by atoms with Gasteiger partial charge in [0.2, 0.25) is 0 Å². The number of hydrogen-bond acceptors (Lipinski definition) is 3. The van der Waals surface area contributed by atoms with E-state index in [1.165, 1.54) is 5.69 Å². The Labute approximate surface area is 84.5 Å². The van der Waals surface area contributed by atoms with E-state index >= 15 is 0 Å². The highest BCUT2D eigenvalue weighted by Crippen LogP contribution is 2.11. The third-order valence-corrected chi connectivity index (χ3v) is 2.56. The summed E-state index contributed by atoms with van der Waals surface area (Å²) in [5, 5.41) is 3.27. The van der Waals surface area contributed by atoms with E-state index in [9.17, 15) is 0 Å². The molecule has 0 aromatic carbocycles. The molecule has 14 heavy (non-hydrogen) atoms. The molecule has 2 rings (SSSR count). The minimum atomic E-state index is 0.651. The summed E-state index contributed by atoms with van der Waals surface area (Å²) in [6, 6.07) is 4.20. The molecule has 1 aliphatic rings. The van der Waals surface area contributed by atoms with Gasteiger partial charge in [0.1, 0.15) is 0 Å². The Bertz CT molecular complexity index is 280. The Hall–Kier alpha value is -0.930. The van der Waals surface area contributed by atoms with Crippen molar-refractivity contribution in [3.05, 3.63) is 29.6 Å². The van der Waals surface area contributed by atoms with Gasteiger partial charge >= 0.3 is 0 Å². The van der Waals surface area contributed by atoms with Crippen LogP contribution in [0.1, 0.15) is 11.3 Å². The van der Waals surface area contributed by atoms with Gasteiger partial charge in [0.05, 0.1) is 6.61 Å². The fraction of sp³-hybridized carbons (Fsp3) is 0.545. The van der Waals surface area contributed by atoms with Crippen molar-refractivity contribution >= 4 is 0 Å². The molecule has 0 amide bonds. The van der Waals surface area contributed by atoms with Crippen molar-refractivity contribution < 1.29 is 4.74 Å². The van der Waals surface area contributed by atoms with Crippen LogP contribution in [0, 0.1) is 5.92 Å². The molecule has 0 atom stereocenters. The molecule has 0 saturated carbocycles. The number of aromatic nitrogens is 1. The van der Waals surface area contributed by atoms with Crippen molar-refractivity contribution in [2.75, 3.05) is 20.2 Å². The van der Waals surface area contributed by atoms with Crippen LogP contribution in [0.25, 0.3) is 0 Å². The number of nitrogens with one attached hydrogen (secondary N) is 1. The quantitative estimate of drug-likeness (QED) is 0.772. The fourth-order valence-corrected chi connectivity index (χ4v) is 1.62. The van der Waals surface area contributed by atoms with Crippen LogP contribution in [0.4, 0.5) is 0 Å². The van der Waals surface area contributed by atoms with Crippen LogP contribution >= 0.6 is 0 Å². The average Bonchev–Trinajstić information content (AvgIpc) is 2.14. The van der Waals surface area contributed by atoms with E-state index < -0.39 is 0 Å². The summed E-state index contributed by atoms with van der Waals surface area (Å²) >= 11 is 0. The third-order valence-electron chi connectivity index (χ3n) is 2.56. The van der Waals surface area contributed by atoms with Crippen molar-refractivity contribution in [1.82, 2.24) is 10.3 Å². The maximum atomic E-state index is 5.03. The zero-order valence-corrected chi connectivity index (χ0v) is 8.49. The molecular formula is C11H16N2O. The van der Waals surface area contributed by atoms with E-state index in [2.05, 4.69) is 22.4 Å². The molecule has 0 radical (unpaired) electrons. The lowest BCUT2D eigenvalue weighted by molar-refractivity contribution is 0.184. The van der Waals surface area contributed by atoms with E-state index in [-0.39, 0.29) is 0 Å². The van der Waals surface area contributed by atoms with Gasteiger partial charge in [0, 0.05) is 19.0 Å². The normalized spacial score (nSPS) is 16.6. The minimum Gasteiger partial charge on any atom is -0.380 e. The molecule has 76 valence electrons. The average molecular weight is 192 g/mol. The summed E-state index contributed by atoms with van der Waals surface area (Å²) in [5.74, 6) is 0.788. The topological polar surface area (TPSA) is 34.1 Å². The van der Waals surface area contributed by atoms with Crippen LogP contribution in [0.2, 0.25) is 0 Å². The Balaban J connectivity index is 1.91. The highest BCUT2D eigenvalue weighted by atomic mass is 16.5. The molecule has 1 N–H and O–H groups in total. The van der Waals surface area contributed by atoms with Crippen molar-refractivity contribution in [3.63, 3.8) is 0 Å². The molecule has 0 aliphatic carbocycles. The zero-order chi connectivity index (χ0) is 9.80.